The van der Waals surface area contributed by atoms with E-state index in [2.05, 4.69) is 10.2 Å². The van der Waals surface area contributed by atoms with Gasteiger partial charge >= 0.3 is 5.97 Å². The van der Waals surface area contributed by atoms with Gasteiger partial charge in [0.05, 0.1) is 4.92 Å². The number of esters is 1. The van der Waals surface area contributed by atoms with E-state index in [1.165, 1.54) is 30.3 Å². The van der Waals surface area contributed by atoms with Crippen molar-refractivity contribution >= 4 is 23.5 Å². The van der Waals surface area contributed by atoms with Gasteiger partial charge in [0.15, 0.2) is 24.8 Å². The van der Waals surface area contributed by atoms with Crippen molar-refractivity contribution in [3.8, 4) is 5.75 Å². The number of rotatable bonds is 7. The first-order chi connectivity index (χ1) is 13.4. The molecule has 11 heteroatoms. The van der Waals surface area contributed by atoms with Gasteiger partial charge in [-0.1, -0.05) is 12.1 Å². The van der Waals surface area contributed by atoms with Gasteiger partial charge in [-0.25, -0.2) is 9.18 Å². The number of nitrogens with zero attached hydrogens (tertiary/aromatic N) is 1. The van der Waals surface area contributed by atoms with Gasteiger partial charge in [0, 0.05) is 17.7 Å². The number of carbonyl (C=O) groups excluding carboxylic acids is 3. The molecule has 0 aromatic heterocycles. The maximum absolute atomic E-state index is 13.3. The minimum atomic E-state index is -0.917. The van der Waals surface area contributed by atoms with E-state index in [9.17, 15) is 28.9 Å². The van der Waals surface area contributed by atoms with E-state index in [1.54, 1.807) is 0 Å². The van der Waals surface area contributed by atoms with Crippen molar-refractivity contribution in [3.63, 3.8) is 0 Å². The third-order valence-corrected chi connectivity index (χ3v) is 3.20. The van der Waals surface area contributed by atoms with Crippen molar-refractivity contribution in [2.45, 2.75) is 0 Å². The van der Waals surface area contributed by atoms with Crippen LogP contribution in [0.3, 0.4) is 0 Å². The van der Waals surface area contributed by atoms with E-state index >= 15 is 0 Å². The zero-order valence-electron chi connectivity index (χ0n) is 14.2. The molecule has 0 aliphatic rings. The van der Waals surface area contributed by atoms with Crippen LogP contribution in [0.2, 0.25) is 0 Å². The summed E-state index contributed by atoms with van der Waals surface area (Å²) in [4.78, 5) is 44.8. The van der Waals surface area contributed by atoms with Crippen LogP contribution in [-0.2, 0) is 14.3 Å². The Kier molecular flexibility index (Phi) is 6.97. The van der Waals surface area contributed by atoms with Gasteiger partial charge in [-0.15, -0.1) is 0 Å². The molecule has 0 atom stereocenters. The van der Waals surface area contributed by atoms with Crippen LogP contribution in [0, 0.1) is 15.9 Å². The first-order valence-electron chi connectivity index (χ1n) is 7.73. The molecule has 10 nitrogen and oxygen atoms in total. The van der Waals surface area contributed by atoms with E-state index in [4.69, 9.17) is 4.74 Å². The van der Waals surface area contributed by atoms with Crippen LogP contribution < -0.4 is 15.6 Å². The van der Waals surface area contributed by atoms with Crippen molar-refractivity contribution in [1.29, 1.82) is 0 Å². The maximum Gasteiger partial charge on any atom is 0.344 e. The summed E-state index contributed by atoms with van der Waals surface area (Å²) in [6.45, 7) is -1.32. The average Bonchev–Trinajstić information content (AvgIpc) is 2.69. The van der Waals surface area contributed by atoms with Crippen molar-refractivity contribution in [1.82, 2.24) is 10.9 Å². The summed E-state index contributed by atoms with van der Waals surface area (Å²) in [5.41, 5.74) is 3.94. The number of halogens is 1. The molecule has 2 aromatic carbocycles. The quantitative estimate of drug-likeness (QED) is 0.410. The number of amides is 2. The molecule has 0 saturated heterocycles. The van der Waals surface area contributed by atoms with Gasteiger partial charge in [0.2, 0.25) is 0 Å². The summed E-state index contributed by atoms with van der Waals surface area (Å²) in [5, 5.41) is 10.5. The Hall–Kier alpha value is -4.02. The summed E-state index contributed by atoms with van der Waals surface area (Å²) >= 11 is 0. The maximum atomic E-state index is 13.3. The second-order valence-electron chi connectivity index (χ2n) is 5.19. The zero-order valence-corrected chi connectivity index (χ0v) is 14.2. The molecule has 2 aromatic rings. The summed E-state index contributed by atoms with van der Waals surface area (Å²) in [6, 6.07) is 10.1. The second-order valence-corrected chi connectivity index (χ2v) is 5.19. The number of hydrogen-bond acceptors (Lipinski definition) is 7. The van der Waals surface area contributed by atoms with Gasteiger partial charge in [0.25, 0.3) is 17.5 Å². The van der Waals surface area contributed by atoms with E-state index in [1.807, 2.05) is 5.43 Å². The molecule has 0 aliphatic heterocycles. The molecule has 0 heterocycles. The molecule has 0 radical (unpaired) electrons. The lowest BCUT2D eigenvalue weighted by molar-refractivity contribution is -0.384. The van der Waals surface area contributed by atoms with E-state index in [0.717, 1.165) is 18.2 Å². The monoisotopic (exact) mass is 391 g/mol. The van der Waals surface area contributed by atoms with E-state index < -0.39 is 41.7 Å². The fraction of sp³-hybridized carbons (Fsp3) is 0.118. The first kappa shape index (κ1) is 20.3. The zero-order chi connectivity index (χ0) is 20.5. The third-order valence-electron chi connectivity index (χ3n) is 3.20. The fourth-order valence-electron chi connectivity index (χ4n) is 1.86. The van der Waals surface area contributed by atoms with Crippen molar-refractivity contribution < 1.29 is 33.2 Å². The predicted octanol–water partition coefficient (Wildman–Crippen LogP) is 1.12. The number of carbonyl (C=O) groups is 3. The Morgan fingerprint density at radius 1 is 1.00 bits per heavy atom. The number of hydrogen-bond donors (Lipinski definition) is 2. The lowest BCUT2D eigenvalue weighted by atomic mass is 10.2. The largest absolute Gasteiger partial charge is 0.479 e. The number of nitro groups is 1. The van der Waals surface area contributed by atoms with Crippen LogP contribution in [0.5, 0.6) is 5.75 Å². The van der Waals surface area contributed by atoms with Crippen molar-refractivity contribution in [3.05, 3.63) is 70.0 Å². The fourth-order valence-corrected chi connectivity index (χ4v) is 1.86. The molecular formula is C17H14FN3O7. The Labute approximate surface area is 157 Å². The number of benzene rings is 2. The highest BCUT2D eigenvalue weighted by Crippen LogP contribution is 2.15. The summed E-state index contributed by atoms with van der Waals surface area (Å²) in [5.74, 6) is -3.27. The highest BCUT2D eigenvalue weighted by Gasteiger charge is 2.12. The number of para-hydroxylation sites is 1. The van der Waals surface area contributed by atoms with E-state index in [-0.39, 0.29) is 17.0 Å². The number of nitro benzene ring substituents is 1. The van der Waals surface area contributed by atoms with Crippen LogP contribution in [-0.4, -0.2) is 35.9 Å². The van der Waals surface area contributed by atoms with Crippen molar-refractivity contribution in [2.24, 2.45) is 0 Å². The minimum Gasteiger partial charge on any atom is -0.479 e. The predicted molar refractivity (Wildman–Crippen MR) is 91.6 cm³/mol. The van der Waals surface area contributed by atoms with Crippen LogP contribution in [0.4, 0.5) is 10.1 Å². The molecule has 0 spiro atoms. The molecule has 28 heavy (non-hydrogen) atoms. The minimum absolute atomic E-state index is 0.0705. The standard InChI is InChI=1S/C17H14FN3O7/c18-13-3-1-2-4-14(13)27-10-16(23)28-9-15(22)19-20-17(24)11-5-7-12(8-6-11)21(25)26/h1-8H,9-10H2,(H,19,22)(H,20,24). The smallest absolute Gasteiger partial charge is 0.344 e. The molecule has 0 saturated carbocycles. The number of ether oxygens (including phenoxy) is 2. The molecule has 0 bridgehead atoms. The molecular weight excluding hydrogens is 377 g/mol. The van der Waals surface area contributed by atoms with Gasteiger partial charge in [-0.3, -0.25) is 30.6 Å². The van der Waals surface area contributed by atoms with Gasteiger partial charge in [-0.2, -0.15) is 0 Å². The second kappa shape index (κ2) is 9.62. The average molecular weight is 391 g/mol. The van der Waals surface area contributed by atoms with Crippen LogP contribution in [0.25, 0.3) is 0 Å². The summed E-state index contributed by atoms with van der Waals surface area (Å²) < 4.78 is 22.9. The Bertz CT molecular complexity index is 887. The summed E-state index contributed by atoms with van der Waals surface area (Å²) in [6.07, 6.45) is 0. The molecule has 2 rings (SSSR count). The van der Waals surface area contributed by atoms with E-state index in [0.29, 0.717) is 0 Å². The van der Waals surface area contributed by atoms with Crippen LogP contribution in [0.1, 0.15) is 10.4 Å². The highest BCUT2D eigenvalue weighted by molar-refractivity contribution is 5.95. The Morgan fingerprint density at radius 3 is 2.32 bits per heavy atom. The molecule has 146 valence electrons. The van der Waals surface area contributed by atoms with Gasteiger partial charge < -0.3 is 9.47 Å². The number of hydrazine groups is 1. The molecule has 2 N–H and O–H groups in total. The van der Waals surface area contributed by atoms with Crippen LogP contribution in [0.15, 0.2) is 48.5 Å². The topological polar surface area (TPSA) is 137 Å². The number of nitrogens with one attached hydrogen (secondary N) is 2. The third kappa shape index (κ3) is 6.05. The van der Waals surface area contributed by atoms with Crippen LogP contribution >= 0.6 is 0 Å². The molecule has 0 aliphatic carbocycles. The lowest BCUT2D eigenvalue weighted by Gasteiger charge is -2.09. The summed E-state index contributed by atoms with van der Waals surface area (Å²) in [7, 11) is 0. The highest BCUT2D eigenvalue weighted by atomic mass is 19.1. The molecule has 0 unspecified atom stereocenters. The van der Waals surface area contributed by atoms with Gasteiger partial charge in [0.1, 0.15) is 0 Å². The lowest BCUT2D eigenvalue weighted by Crippen LogP contribution is -2.43. The van der Waals surface area contributed by atoms with Gasteiger partial charge in [-0.05, 0) is 24.3 Å². The number of non-ortho nitro benzene ring substituents is 1. The molecule has 2 amide bonds. The molecule has 0 fully saturated rings. The normalized spacial score (nSPS) is 9.89. The Balaban J connectivity index is 1.70. The SMILES string of the molecule is O=C(COC(=O)COc1ccccc1F)NNC(=O)c1ccc([N+](=O)[O-])cc1. The van der Waals surface area contributed by atoms with Crippen molar-refractivity contribution in [2.75, 3.05) is 13.2 Å². The first-order valence-corrected chi connectivity index (χ1v) is 7.73. The Morgan fingerprint density at radius 2 is 1.68 bits per heavy atom.